The molecule has 1 atom stereocenters. The topological polar surface area (TPSA) is 143 Å². The van der Waals surface area contributed by atoms with Crippen molar-refractivity contribution in [2.45, 2.75) is 26.3 Å². The van der Waals surface area contributed by atoms with Crippen LogP contribution in [0.2, 0.25) is 0 Å². The summed E-state index contributed by atoms with van der Waals surface area (Å²) in [5.74, 6) is 2.57. The van der Waals surface area contributed by atoms with Gasteiger partial charge in [-0.3, -0.25) is 9.97 Å². The quantitative estimate of drug-likeness (QED) is 0.172. The monoisotopic (exact) mass is 527 g/mol. The standard InChI is InChI=1S/C18H21N3O2.C12H12N2O2/c1-11(2)8-14(19)18-21-15-9-12(4-5-16(15)23-18)13-6-7-20-10-17(13)22-3;1-16-12-7-14-5-4-9(12)8-2-3-11(15)10(13)6-8/h4-7,9-11,14H,8,19H2,1-3H3;2-7,15H,13H2,1H3. The summed E-state index contributed by atoms with van der Waals surface area (Å²) in [6.07, 6.45) is 7.61. The second kappa shape index (κ2) is 12.3. The van der Waals surface area contributed by atoms with E-state index in [1.54, 1.807) is 57.2 Å². The number of rotatable bonds is 7. The van der Waals surface area contributed by atoms with E-state index in [0.717, 1.165) is 45.5 Å². The summed E-state index contributed by atoms with van der Waals surface area (Å²) in [6, 6.07) is 14.5. The third-order valence-electron chi connectivity index (χ3n) is 6.11. The second-order valence-electron chi connectivity index (χ2n) is 9.40. The molecule has 0 aliphatic rings. The molecule has 0 aliphatic carbocycles. The summed E-state index contributed by atoms with van der Waals surface area (Å²) in [5, 5.41) is 9.35. The van der Waals surface area contributed by atoms with Crippen LogP contribution >= 0.6 is 0 Å². The minimum Gasteiger partial charge on any atom is -0.506 e. The Bertz CT molecular complexity index is 1550. The highest BCUT2D eigenvalue weighted by atomic mass is 16.5. The van der Waals surface area contributed by atoms with E-state index >= 15 is 0 Å². The Morgan fingerprint density at radius 2 is 1.46 bits per heavy atom. The molecular weight excluding hydrogens is 494 g/mol. The van der Waals surface area contributed by atoms with E-state index in [2.05, 4.69) is 28.8 Å². The van der Waals surface area contributed by atoms with Gasteiger partial charge in [0.25, 0.3) is 0 Å². The molecule has 0 aliphatic heterocycles. The number of pyridine rings is 2. The van der Waals surface area contributed by atoms with E-state index in [-0.39, 0.29) is 11.8 Å². The molecule has 0 radical (unpaired) electrons. The van der Waals surface area contributed by atoms with Crippen LogP contribution in [0.5, 0.6) is 17.2 Å². The molecular formula is C30H33N5O4. The van der Waals surface area contributed by atoms with Crippen molar-refractivity contribution in [2.24, 2.45) is 11.7 Å². The fraction of sp³-hybridized carbons (Fsp3) is 0.233. The molecule has 1 unspecified atom stereocenters. The van der Waals surface area contributed by atoms with Crippen LogP contribution in [0.15, 0.2) is 77.7 Å². The lowest BCUT2D eigenvalue weighted by Gasteiger charge is -2.09. The molecule has 5 aromatic rings. The van der Waals surface area contributed by atoms with Gasteiger partial charge in [0.05, 0.1) is 38.3 Å². The zero-order valence-corrected chi connectivity index (χ0v) is 22.5. The summed E-state index contributed by atoms with van der Waals surface area (Å²) in [4.78, 5) is 12.6. The Hall–Kier alpha value is -4.63. The number of hydrogen-bond acceptors (Lipinski definition) is 9. The number of aromatic hydroxyl groups is 1. The number of nitrogens with two attached hydrogens (primary N) is 2. The van der Waals surface area contributed by atoms with E-state index < -0.39 is 0 Å². The fourth-order valence-corrected chi connectivity index (χ4v) is 4.16. The highest BCUT2D eigenvalue weighted by Gasteiger charge is 2.16. The predicted octanol–water partition coefficient (Wildman–Crippen LogP) is 5.99. The minimum absolute atomic E-state index is 0.0803. The first-order valence-corrected chi connectivity index (χ1v) is 12.5. The molecule has 5 N–H and O–H groups in total. The first-order chi connectivity index (χ1) is 18.8. The minimum atomic E-state index is -0.179. The molecule has 9 heteroatoms. The zero-order valence-electron chi connectivity index (χ0n) is 22.5. The molecule has 5 rings (SSSR count). The van der Waals surface area contributed by atoms with Gasteiger partial charge in [-0.05, 0) is 59.9 Å². The largest absolute Gasteiger partial charge is 0.506 e. The molecule has 3 aromatic heterocycles. The average Bonchev–Trinajstić information content (AvgIpc) is 3.38. The van der Waals surface area contributed by atoms with Crippen LogP contribution in [0.25, 0.3) is 33.4 Å². The molecule has 9 nitrogen and oxygen atoms in total. The normalized spacial score (nSPS) is 11.6. The number of ether oxygens (including phenoxy) is 2. The Kier molecular flexibility index (Phi) is 8.63. The Morgan fingerprint density at radius 3 is 2.03 bits per heavy atom. The van der Waals surface area contributed by atoms with Gasteiger partial charge >= 0.3 is 0 Å². The highest BCUT2D eigenvalue weighted by molar-refractivity contribution is 5.82. The third kappa shape index (κ3) is 6.45. The van der Waals surface area contributed by atoms with Crippen LogP contribution in [0.1, 0.15) is 32.2 Å². The smallest absolute Gasteiger partial charge is 0.212 e. The number of hydrogen-bond donors (Lipinski definition) is 3. The molecule has 2 aromatic carbocycles. The number of nitrogens with zero attached hydrogens (tertiary/aromatic N) is 3. The summed E-state index contributed by atoms with van der Waals surface area (Å²) < 4.78 is 16.4. The van der Waals surface area contributed by atoms with Crippen molar-refractivity contribution in [1.29, 1.82) is 0 Å². The van der Waals surface area contributed by atoms with Gasteiger partial charge in [0, 0.05) is 23.5 Å². The van der Waals surface area contributed by atoms with E-state index in [1.165, 1.54) is 0 Å². The van der Waals surface area contributed by atoms with Gasteiger partial charge in [0.1, 0.15) is 22.8 Å². The molecule has 0 amide bonds. The van der Waals surface area contributed by atoms with Crippen molar-refractivity contribution in [2.75, 3.05) is 20.0 Å². The average molecular weight is 528 g/mol. The van der Waals surface area contributed by atoms with Crippen molar-refractivity contribution < 1.29 is 19.0 Å². The number of fused-ring (bicyclic) bond motifs is 1. The Labute approximate surface area is 227 Å². The number of nitrogen functional groups attached to an aromatic ring is 1. The van der Waals surface area contributed by atoms with Gasteiger partial charge < -0.3 is 30.5 Å². The molecule has 0 saturated carbocycles. The highest BCUT2D eigenvalue weighted by Crippen LogP contribution is 2.33. The Balaban J connectivity index is 0.000000193. The number of oxazole rings is 1. The van der Waals surface area contributed by atoms with Crippen molar-refractivity contribution in [3.63, 3.8) is 0 Å². The first-order valence-electron chi connectivity index (χ1n) is 12.5. The van der Waals surface area contributed by atoms with Crippen molar-refractivity contribution in [3.8, 4) is 39.5 Å². The predicted molar refractivity (Wildman–Crippen MR) is 152 cm³/mol. The fourth-order valence-electron chi connectivity index (χ4n) is 4.16. The maximum atomic E-state index is 9.35. The number of phenols is 1. The van der Waals surface area contributed by atoms with Gasteiger partial charge in [-0.2, -0.15) is 0 Å². The van der Waals surface area contributed by atoms with Gasteiger partial charge in [-0.25, -0.2) is 4.98 Å². The van der Waals surface area contributed by atoms with E-state index in [0.29, 0.717) is 23.2 Å². The van der Waals surface area contributed by atoms with E-state index in [4.69, 9.17) is 25.4 Å². The summed E-state index contributed by atoms with van der Waals surface area (Å²) in [6.45, 7) is 4.27. The molecule has 0 bridgehead atoms. The van der Waals surface area contributed by atoms with Crippen LogP contribution in [-0.4, -0.2) is 34.3 Å². The summed E-state index contributed by atoms with van der Waals surface area (Å²) in [5.41, 5.74) is 17.5. The van der Waals surface area contributed by atoms with Crippen LogP contribution < -0.4 is 20.9 Å². The lowest BCUT2D eigenvalue weighted by molar-refractivity contribution is 0.414. The zero-order chi connectivity index (χ0) is 27.9. The van der Waals surface area contributed by atoms with Crippen LogP contribution in [0.4, 0.5) is 5.69 Å². The van der Waals surface area contributed by atoms with Crippen LogP contribution in [0.3, 0.4) is 0 Å². The Morgan fingerprint density at radius 1 is 0.872 bits per heavy atom. The third-order valence-corrected chi connectivity index (χ3v) is 6.11. The molecule has 0 spiro atoms. The van der Waals surface area contributed by atoms with Crippen molar-refractivity contribution in [1.82, 2.24) is 15.0 Å². The van der Waals surface area contributed by atoms with Gasteiger partial charge in [0.2, 0.25) is 5.89 Å². The maximum Gasteiger partial charge on any atom is 0.212 e. The second-order valence-corrected chi connectivity index (χ2v) is 9.40. The van der Waals surface area contributed by atoms with Gasteiger partial charge in [-0.1, -0.05) is 26.0 Å². The summed E-state index contributed by atoms with van der Waals surface area (Å²) >= 11 is 0. The van der Waals surface area contributed by atoms with E-state index in [9.17, 15) is 5.11 Å². The lowest BCUT2D eigenvalue weighted by atomic mass is 10.0. The number of methoxy groups -OCH3 is 2. The SMILES string of the molecule is COc1cnccc1-c1ccc(O)c(N)c1.COc1cnccc1-c1ccc2oc(C(N)CC(C)C)nc2c1. The van der Waals surface area contributed by atoms with E-state index in [1.807, 2.05) is 30.3 Å². The first kappa shape index (κ1) is 27.4. The molecule has 0 saturated heterocycles. The van der Waals surface area contributed by atoms with Gasteiger partial charge in [-0.15, -0.1) is 0 Å². The molecule has 3 heterocycles. The molecule has 39 heavy (non-hydrogen) atoms. The molecule has 0 fully saturated rings. The lowest BCUT2D eigenvalue weighted by Crippen LogP contribution is -2.13. The number of anilines is 1. The number of aromatic nitrogens is 3. The number of phenolic OH excluding ortho intramolecular Hbond substituents is 1. The molecule has 202 valence electrons. The van der Waals surface area contributed by atoms with Gasteiger partial charge in [0.15, 0.2) is 5.58 Å². The van der Waals surface area contributed by atoms with Crippen LogP contribution in [0, 0.1) is 5.92 Å². The van der Waals surface area contributed by atoms with Crippen molar-refractivity contribution in [3.05, 3.63) is 79.2 Å². The maximum absolute atomic E-state index is 9.35. The summed E-state index contributed by atoms with van der Waals surface area (Å²) in [7, 11) is 3.22. The van der Waals surface area contributed by atoms with Crippen LogP contribution in [-0.2, 0) is 0 Å². The number of benzene rings is 2. The van der Waals surface area contributed by atoms with Crippen molar-refractivity contribution >= 4 is 16.8 Å².